The van der Waals surface area contributed by atoms with Crippen molar-refractivity contribution in [3.05, 3.63) is 0 Å². The smallest absolute Gasteiger partial charge is 0.0644 e. The van der Waals surface area contributed by atoms with Crippen molar-refractivity contribution in [2.24, 2.45) is 5.41 Å². The number of hydrogen-bond acceptors (Lipinski definition) is 2. The number of aliphatic hydroxyl groups is 1. The maximum absolute atomic E-state index is 9.82. The third-order valence-corrected chi connectivity index (χ3v) is 3.54. The molecule has 0 aliphatic carbocycles. The quantitative estimate of drug-likeness (QED) is 0.753. The second-order valence-corrected chi connectivity index (χ2v) is 5.79. The molecule has 0 aromatic rings. The zero-order valence-corrected chi connectivity index (χ0v) is 10.1. The molecule has 2 heteroatoms. The molecule has 0 radical (unpaired) electrons. The minimum atomic E-state index is -0.410. The van der Waals surface area contributed by atoms with Gasteiger partial charge >= 0.3 is 0 Å². The zero-order valence-electron chi connectivity index (χ0n) is 10.1. The molecule has 2 nitrogen and oxygen atoms in total. The number of rotatable bonds is 3. The molecule has 1 aliphatic rings. The SMILES string of the molecule is CCC(C)(C)CN1CCC(C)(O)CC1. The van der Waals surface area contributed by atoms with Gasteiger partial charge in [0.15, 0.2) is 0 Å². The normalized spacial score (nSPS) is 23.8. The first-order valence-electron chi connectivity index (χ1n) is 5.79. The Balaban J connectivity index is 2.36. The highest BCUT2D eigenvalue weighted by Crippen LogP contribution is 2.26. The molecule has 0 spiro atoms. The number of hydrogen-bond donors (Lipinski definition) is 1. The predicted octanol–water partition coefficient (Wildman–Crippen LogP) is 2.27. The molecular formula is C12H25NO. The Morgan fingerprint density at radius 2 is 1.79 bits per heavy atom. The van der Waals surface area contributed by atoms with Crippen LogP contribution in [0.15, 0.2) is 0 Å². The topological polar surface area (TPSA) is 23.5 Å². The highest BCUT2D eigenvalue weighted by molar-refractivity contribution is 4.83. The van der Waals surface area contributed by atoms with Gasteiger partial charge in [-0.3, -0.25) is 0 Å². The van der Waals surface area contributed by atoms with Crippen molar-refractivity contribution in [1.82, 2.24) is 4.90 Å². The average Bonchev–Trinajstić information content (AvgIpc) is 2.09. The molecule has 1 N–H and O–H groups in total. The third kappa shape index (κ3) is 3.58. The summed E-state index contributed by atoms with van der Waals surface area (Å²) in [7, 11) is 0. The second kappa shape index (κ2) is 4.19. The maximum atomic E-state index is 9.82. The second-order valence-electron chi connectivity index (χ2n) is 5.79. The first-order chi connectivity index (χ1) is 6.35. The van der Waals surface area contributed by atoms with Crippen molar-refractivity contribution in [1.29, 1.82) is 0 Å². The van der Waals surface area contributed by atoms with Crippen molar-refractivity contribution in [3.8, 4) is 0 Å². The van der Waals surface area contributed by atoms with E-state index in [1.54, 1.807) is 0 Å². The van der Waals surface area contributed by atoms with Gasteiger partial charge in [0, 0.05) is 19.6 Å². The van der Waals surface area contributed by atoms with E-state index in [-0.39, 0.29) is 0 Å². The lowest BCUT2D eigenvalue weighted by Gasteiger charge is -2.39. The summed E-state index contributed by atoms with van der Waals surface area (Å²) in [5, 5.41) is 9.82. The molecule has 1 heterocycles. The predicted molar refractivity (Wildman–Crippen MR) is 60.4 cm³/mol. The first-order valence-corrected chi connectivity index (χ1v) is 5.79. The van der Waals surface area contributed by atoms with E-state index in [2.05, 4.69) is 25.7 Å². The van der Waals surface area contributed by atoms with Crippen LogP contribution < -0.4 is 0 Å². The summed E-state index contributed by atoms with van der Waals surface area (Å²) < 4.78 is 0. The summed E-state index contributed by atoms with van der Waals surface area (Å²) in [5.41, 5.74) is 0.00997. The molecule has 1 rings (SSSR count). The van der Waals surface area contributed by atoms with Gasteiger partial charge in [0.25, 0.3) is 0 Å². The Hall–Kier alpha value is -0.0800. The van der Waals surface area contributed by atoms with Gasteiger partial charge in [0.2, 0.25) is 0 Å². The fourth-order valence-electron chi connectivity index (χ4n) is 1.91. The van der Waals surface area contributed by atoms with E-state index in [4.69, 9.17) is 0 Å². The van der Waals surface area contributed by atoms with Crippen LogP contribution in [-0.4, -0.2) is 35.2 Å². The monoisotopic (exact) mass is 199 g/mol. The van der Waals surface area contributed by atoms with E-state index >= 15 is 0 Å². The van der Waals surface area contributed by atoms with Crippen LogP contribution in [0.1, 0.15) is 47.0 Å². The molecule has 0 aromatic carbocycles. The van der Waals surface area contributed by atoms with Crippen LogP contribution in [0.5, 0.6) is 0 Å². The van der Waals surface area contributed by atoms with Gasteiger partial charge in [-0.2, -0.15) is 0 Å². The molecule has 84 valence electrons. The molecule has 0 aromatic heterocycles. The highest BCUT2D eigenvalue weighted by Gasteiger charge is 2.29. The molecular weight excluding hydrogens is 174 g/mol. The van der Waals surface area contributed by atoms with Crippen molar-refractivity contribution in [2.45, 2.75) is 52.6 Å². The molecule has 1 saturated heterocycles. The van der Waals surface area contributed by atoms with E-state index in [1.165, 1.54) is 13.0 Å². The van der Waals surface area contributed by atoms with Crippen LogP contribution in [-0.2, 0) is 0 Å². The molecule has 14 heavy (non-hydrogen) atoms. The lowest BCUT2D eigenvalue weighted by Crippen LogP contribution is -2.45. The van der Waals surface area contributed by atoms with Crippen LogP contribution in [0.25, 0.3) is 0 Å². The molecule has 0 amide bonds. The van der Waals surface area contributed by atoms with Crippen LogP contribution in [0.3, 0.4) is 0 Å². The summed E-state index contributed by atoms with van der Waals surface area (Å²) in [6.45, 7) is 12.1. The molecule has 1 fully saturated rings. The van der Waals surface area contributed by atoms with Crippen molar-refractivity contribution < 1.29 is 5.11 Å². The van der Waals surface area contributed by atoms with Gasteiger partial charge < -0.3 is 10.0 Å². The fourth-order valence-corrected chi connectivity index (χ4v) is 1.91. The van der Waals surface area contributed by atoms with E-state index in [9.17, 15) is 5.11 Å². The number of piperidine rings is 1. The average molecular weight is 199 g/mol. The van der Waals surface area contributed by atoms with Crippen molar-refractivity contribution in [2.75, 3.05) is 19.6 Å². The largest absolute Gasteiger partial charge is 0.390 e. The van der Waals surface area contributed by atoms with Gasteiger partial charge in [-0.1, -0.05) is 20.8 Å². The van der Waals surface area contributed by atoms with Crippen LogP contribution in [0, 0.1) is 5.41 Å². The first kappa shape index (κ1) is 12.0. The lowest BCUT2D eigenvalue weighted by atomic mass is 9.87. The third-order valence-electron chi connectivity index (χ3n) is 3.54. The van der Waals surface area contributed by atoms with E-state index in [0.29, 0.717) is 5.41 Å². The summed E-state index contributed by atoms with van der Waals surface area (Å²) in [6, 6.07) is 0. The van der Waals surface area contributed by atoms with Crippen LogP contribution in [0.4, 0.5) is 0 Å². The fraction of sp³-hybridized carbons (Fsp3) is 1.00. The Morgan fingerprint density at radius 1 is 1.29 bits per heavy atom. The Morgan fingerprint density at radius 3 is 2.21 bits per heavy atom. The molecule has 0 bridgehead atoms. The Kier molecular flexibility index (Phi) is 3.59. The lowest BCUT2D eigenvalue weighted by molar-refractivity contribution is -0.0136. The summed E-state index contributed by atoms with van der Waals surface area (Å²) in [5.74, 6) is 0. The standard InChI is InChI=1S/C12H25NO/c1-5-11(2,3)10-13-8-6-12(4,14)7-9-13/h14H,5-10H2,1-4H3. The maximum Gasteiger partial charge on any atom is 0.0644 e. The van der Waals surface area contributed by atoms with Crippen LogP contribution >= 0.6 is 0 Å². The molecule has 0 atom stereocenters. The van der Waals surface area contributed by atoms with E-state index in [0.717, 1.165) is 25.9 Å². The van der Waals surface area contributed by atoms with Crippen molar-refractivity contribution in [3.63, 3.8) is 0 Å². The van der Waals surface area contributed by atoms with Gasteiger partial charge in [-0.25, -0.2) is 0 Å². The minimum Gasteiger partial charge on any atom is -0.390 e. The molecule has 0 unspecified atom stereocenters. The van der Waals surface area contributed by atoms with E-state index in [1.807, 2.05) is 6.92 Å². The van der Waals surface area contributed by atoms with Gasteiger partial charge in [0.1, 0.15) is 0 Å². The Labute approximate surface area is 88.3 Å². The highest BCUT2D eigenvalue weighted by atomic mass is 16.3. The van der Waals surface area contributed by atoms with Gasteiger partial charge in [0.05, 0.1) is 5.60 Å². The van der Waals surface area contributed by atoms with E-state index < -0.39 is 5.60 Å². The molecule has 0 saturated carbocycles. The molecule has 1 aliphatic heterocycles. The number of likely N-dealkylation sites (tertiary alicyclic amines) is 1. The minimum absolute atomic E-state index is 0.410. The number of nitrogens with zero attached hydrogens (tertiary/aromatic N) is 1. The van der Waals surface area contributed by atoms with Crippen LogP contribution in [0.2, 0.25) is 0 Å². The summed E-state index contributed by atoms with van der Waals surface area (Å²) in [4.78, 5) is 2.49. The summed E-state index contributed by atoms with van der Waals surface area (Å²) in [6.07, 6.45) is 3.07. The summed E-state index contributed by atoms with van der Waals surface area (Å²) >= 11 is 0. The van der Waals surface area contributed by atoms with Gasteiger partial charge in [-0.15, -0.1) is 0 Å². The van der Waals surface area contributed by atoms with Crippen molar-refractivity contribution >= 4 is 0 Å². The van der Waals surface area contributed by atoms with Gasteiger partial charge in [-0.05, 0) is 31.6 Å². The zero-order chi connectivity index (χ0) is 10.8. The Bertz CT molecular complexity index is 177.